The molecule has 1 unspecified atom stereocenters. The molecule has 2 aromatic rings. The van der Waals surface area contributed by atoms with Crippen LogP contribution in [0.5, 0.6) is 0 Å². The van der Waals surface area contributed by atoms with Crippen molar-refractivity contribution >= 4 is 17.8 Å². The van der Waals surface area contributed by atoms with Crippen molar-refractivity contribution in [3.63, 3.8) is 0 Å². The van der Waals surface area contributed by atoms with Gasteiger partial charge in [-0.15, -0.1) is 0 Å². The number of fused-ring (bicyclic) bond motifs is 1. The average molecular weight is 419 g/mol. The first-order valence-electron chi connectivity index (χ1n) is 10.9. The van der Waals surface area contributed by atoms with E-state index >= 15 is 0 Å². The summed E-state index contributed by atoms with van der Waals surface area (Å²) < 4.78 is 0. The summed E-state index contributed by atoms with van der Waals surface area (Å²) in [6.45, 7) is 6.36. The molecule has 1 aliphatic heterocycles. The van der Waals surface area contributed by atoms with Crippen LogP contribution < -0.4 is 11.1 Å². The number of nitrogens with two attached hydrogens (primary N) is 1. The highest BCUT2D eigenvalue weighted by molar-refractivity contribution is 5.99. The fourth-order valence-corrected chi connectivity index (χ4v) is 4.34. The lowest BCUT2D eigenvalue weighted by atomic mass is 9.84. The predicted octanol–water partition coefficient (Wildman–Crippen LogP) is 3.57. The highest BCUT2D eigenvalue weighted by Gasteiger charge is 2.38. The third-order valence-electron chi connectivity index (χ3n) is 6.67. The average Bonchev–Trinajstić information content (AvgIpc) is 3.14. The molecule has 0 aromatic heterocycles. The first kappa shape index (κ1) is 21.1. The Kier molecular flexibility index (Phi) is 5.56. The summed E-state index contributed by atoms with van der Waals surface area (Å²) in [6.07, 6.45) is 2.22. The minimum Gasteiger partial charge on any atom is -0.369 e. The minimum absolute atomic E-state index is 0.0347. The Hall–Kier alpha value is -3.15. The van der Waals surface area contributed by atoms with E-state index < -0.39 is 5.54 Å². The Bertz CT molecular complexity index is 1050. The number of aliphatic imine (C=N–C) groups is 1. The van der Waals surface area contributed by atoms with Gasteiger partial charge < -0.3 is 11.1 Å². The number of carbonyl (C=O) groups is 2. The molecule has 4 rings (SSSR count). The van der Waals surface area contributed by atoms with Crippen molar-refractivity contribution in [3.8, 4) is 0 Å². The Morgan fingerprint density at radius 1 is 1.26 bits per heavy atom. The predicted molar refractivity (Wildman–Crippen MR) is 121 cm³/mol. The van der Waals surface area contributed by atoms with Gasteiger partial charge in [0.15, 0.2) is 5.96 Å². The number of nitrogens with zero attached hydrogens (tertiary/aromatic N) is 2. The van der Waals surface area contributed by atoms with E-state index in [1.807, 2.05) is 51.1 Å². The quantitative estimate of drug-likeness (QED) is 0.778. The van der Waals surface area contributed by atoms with Crippen LogP contribution >= 0.6 is 0 Å². The fraction of sp³-hybridized carbons (Fsp3) is 0.400. The second-order valence-electron chi connectivity index (χ2n) is 9.10. The lowest BCUT2D eigenvalue weighted by molar-refractivity contribution is -0.130. The standard InChI is InChI=1S/C25H30N4O2/c1-16(2)25(3)14-22(30)29(24(26)28-25)15-17-7-6-9-19(13-17)23(31)27-21-12-11-18-8-4-5-10-20(18)21/h4-10,13,16,21H,11-12,14-15H2,1-3H3,(H2,26,28)(H,27,31)/t21?,25-/m0/s1. The molecule has 162 valence electrons. The van der Waals surface area contributed by atoms with Gasteiger partial charge in [0, 0.05) is 5.56 Å². The van der Waals surface area contributed by atoms with Crippen molar-refractivity contribution < 1.29 is 9.59 Å². The molecule has 6 nitrogen and oxygen atoms in total. The molecule has 0 spiro atoms. The summed E-state index contributed by atoms with van der Waals surface area (Å²) in [7, 11) is 0. The van der Waals surface area contributed by atoms with Crippen LogP contribution in [0.25, 0.3) is 0 Å². The Morgan fingerprint density at radius 3 is 2.77 bits per heavy atom. The van der Waals surface area contributed by atoms with Gasteiger partial charge in [-0.1, -0.05) is 50.2 Å². The molecule has 0 fully saturated rings. The third kappa shape index (κ3) is 4.20. The maximum Gasteiger partial charge on any atom is 0.251 e. The molecule has 0 radical (unpaired) electrons. The van der Waals surface area contributed by atoms with Crippen LogP contribution in [0.15, 0.2) is 53.5 Å². The molecule has 6 heteroatoms. The Labute approximate surface area is 183 Å². The summed E-state index contributed by atoms with van der Waals surface area (Å²) in [6, 6.07) is 15.6. The Balaban J connectivity index is 1.48. The van der Waals surface area contributed by atoms with Crippen LogP contribution in [-0.2, 0) is 17.8 Å². The van der Waals surface area contributed by atoms with Crippen molar-refractivity contribution in [2.75, 3.05) is 0 Å². The number of nitrogens with one attached hydrogen (secondary N) is 1. The molecule has 0 saturated heterocycles. The normalized spacial score (nSPS) is 23.0. The zero-order chi connectivity index (χ0) is 22.2. The van der Waals surface area contributed by atoms with E-state index in [2.05, 4.69) is 22.4 Å². The number of hydrogen-bond donors (Lipinski definition) is 2. The summed E-state index contributed by atoms with van der Waals surface area (Å²) in [5.74, 6) is 0.304. The largest absolute Gasteiger partial charge is 0.369 e. The summed E-state index contributed by atoms with van der Waals surface area (Å²) in [5, 5.41) is 3.16. The lowest BCUT2D eigenvalue weighted by Gasteiger charge is -2.37. The van der Waals surface area contributed by atoms with E-state index in [-0.39, 0.29) is 29.7 Å². The molecular formula is C25H30N4O2. The SMILES string of the molecule is CC(C)[C@]1(C)CC(=O)N(Cc2cccc(C(=O)NC3CCc4ccccc43)c2)C(N)=N1. The first-order valence-corrected chi connectivity index (χ1v) is 10.9. The smallest absolute Gasteiger partial charge is 0.251 e. The topological polar surface area (TPSA) is 87.8 Å². The van der Waals surface area contributed by atoms with Gasteiger partial charge in [-0.05, 0) is 54.5 Å². The van der Waals surface area contributed by atoms with Crippen molar-refractivity contribution in [2.45, 2.75) is 58.2 Å². The zero-order valence-electron chi connectivity index (χ0n) is 18.4. The summed E-state index contributed by atoms with van der Waals surface area (Å²) >= 11 is 0. The molecule has 1 heterocycles. The number of rotatable bonds is 5. The maximum absolute atomic E-state index is 12.9. The van der Waals surface area contributed by atoms with Gasteiger partial charge >= 0.3 is 0 Å². The van der Waals surface area contributed by atoms with E-state index in [0.29, 0.717) is 18.5 Å². The van der Waals surface area contributed by atoms with E-state index in [1.54, 1.807) is 6.07 Å². The van der Waals surface area contributed by atoms with Crippen LogP contribution in [-0.4, -0.2) is 28.2 Å². The van der Waals surface area contributed by atoms with Gasteiger partial charge in [0.1, 0.15) is 0 Å². The number of benzene rings is 2. The van der Waals surface area contributed by atoms with Crippen molar-refractivity contribution in [2.24, 2.45) is 16.6 Å². The van der Waals surface area contributed by atoms with E-state index in [0.717, 1.165) is 18.4 Å². The van der Waals surface area contributed by atoms with E-state index in [9.17, 15) is 9.59 Å². The van der Waals surface area contributed by atoms with Gasteiger partial charge in [0.2, 0.25) is 5.91 Å². The summed E-state index contributed by atoms with van der Waals surface area (Å²) in [4.78, 5) is 31.8. The van der Waals surface area contributed by atoms with Gasteiger partial charge in [-0.3, -0.25) is 14.5 Å². The molecule has 0 saturated carbocycles. The van der Waals surface area contributed by atoms with Crippen LogP contribution in [0.3, 0.4) is 0 Å². The van der Waals surface area contributed by atoms with Gasteiger partial charge in [0.25, 0.3) is 5.91 Å². The minimum atomic E-state index is -0.475. The molecule has 2 amide bonds. The van der Waals surface area contributed by atoms with Crippen LogP contribution in [0.2, 0.25) is 0 Å². The highest BCUT2D eigenvalue weighted by atomic mass is 16.2. The molecule has 1 aliphatic carbocycles. The first-order chi connectivity index (χ1) is 14.8. The highest BCUT2D eigenvalue weighted by Crippen LogP contribution is 2.32. The summed E-state index contributed by atoms with van der Waals surface area (Å²) in [5.41, 5.74) is 9.60. The number of hydrogen-bond acceptors (Lipinski definition) is 4. The van der Waals surface area contributed by atoms with E-state index in [4.69, 9.17) is 5.73 Å². The van der Waals surface area contributed by atoms with Crippen molar-refractivity contribution in [3.05, 3.63) is 70.8 Å². The molecule has 3 N–H and O–H groups in total. The number of guanidine groups is 1. The second-order valence-corrected chi connectivity index (χ2v) is 9.10. The van der Waals surface area contributed by atoms with Crippen LogP contribution in [0.1, 0.15) is 66.7 Å². The van der Waals surface area contributed by atoms with Gasteiger partial charge in [-0.2, -0.15) is 0 Å². The molecule has 2 aliphatic rings. The second kappa shape index (κ2) is 8.17. The van der Waals surface area contributed by atoms with Crippen molar-refractivity contribution in [1.29, 1.82) is 0 Å². The third-order valence-corrected chi connectivity index (χ3v) is 6.67. The molecule has 2 atom stereocenters. The van der Waals surface area contributed by atoms with Crippen LogP contribution in [0, 0.1) is 5.92 Å². The van der Waals surface area contributed by atoms with Gasteiger partial charge in [-0.25, -0.2) is 4.99 Å². The number of carbonyl (C=O) groups excluding carboxylic acids is 2. The van der Waals surface area contributed by atoms with Crippen LogP contribution in [0.4, 0.5) is 0 Å². The molecule has 0 bridgehead atoms. The monoisotopic (exact) mass is 418 g/mol. The zero-order valence-corrected chi connectivity index (χ0v) is 18.4. The fourth-order valence-electron chi connectivity index (χ4n) is 4.34. The number of amides is 2. The van der Waals surface area contributed by atoms with E-state index in [1.165, 1.54) is 16.0 Å². The maximum atomic E-state index is 12.9. The van der Waals surface area contributed by atoms with Crippen molar-refractivity contribution in [1.82, 2.24) is 10.2 Å². The number of aryl methyl sites for hydroxylation is 1. The molecule has 2 aromatic carbocycles. The molecular weight excluding hydrogens is 388 g/mol. The Morgan fingerprint density at radius 2 is 2.03 bits per heavy atom. The lowest BCUT2D eigenvalue weighted by Crippen LogP contribution is -2.51. The van der Waals surface area contributed by atoms with Gasteiger partial charge in [0.05, 0.1) is 24.5 Å². The molecule has 31 heavy (non-hydrogen) atoms.